The van der Waals surface area contributed by atoms with Crippen molar-refractivity contribution in [3.8, 4) is 0 Å². The molecular weight excluding hydrogens is 398 g/mol. The SMILES string of the molecule is Cc1cc(C)c(S(=O)(=O)N2CCC(C(=O)N[C@H]3CCCNC3)CC2)c(C)c1.Cl. The summed E-state index contributed by atoms with van der Waals surface area (Å²) in [5.41, 5.74) is 2.64. The molecule has 0 radical (unpaired) electrons. The van der Waals surface area contributed by atoms with E-state index >= 15 is 0 Å². The largest absolute Gasteiger partial charge is 0.352 e. The number of nitrogens with one attached hydrogen (secondary N) is 2. The standard InChI is InChI=1S/C20H31N3O3S.ClH/c1-14-11-15(2)19(16(3)12-14)27(25,26)23-9-6-17(7-10-23)20(24)22-18-5-4-8-21-13-18;/h11-12,17-18,21H,4-10,13H2,1-3H3,(H,22,24);1H/t18-;/m0./s1. The highest BCUT2D eigenvalue weighted by Gasteiger charge is 2.34. The van der Waals surface area contributed by atoms with E-state index in [0.717, 1.165) is 42.6 Å². The van der Waals surface area contributed by atoms with Gasteiger partial charge in [-0.1, -0.05) is 17.7 Å². The predicted molar refractivity (Wildman–Crippen MR) is 113 cm³/mol. The van der Waals surface area contributed by atoms with Gasteiger partial charge in [0.2, 0.25) is 15.9 Å². The lowest BCUT2D eigenvalue weighted by Gasteiger charge is -2.33. The van der Waals surface area contributed by atoms with Crippen LogP contribution in [0.1, 0.15) is 42.4 Å². The van der Waals surface area contributed by atoms with E-state index in [0.29, 0.717) is 30.8 Å². The second kappa shape index (κ2) is 9.57. The Kier molecular flexibility index (Phi) is 7.90. The number of halogens is 1. The molecule has 1 atom stereocenters. The highest BCUT2D eigenvalue weighted by Crippen LogP contribution is 2.29. The molecule has 2 N–H and O–H groups in total. The predicted octanol–water partition coefficient (Wildman–Crippen LogP) is 2.30. The van der Waals surface area contributed by atoms with Gasteiger partial charge in [0.1, 0.15) is 0 Å². The van der Waals surface area contributed by atoms with Crippen LogP contribution < -0.4 is 10.6 Å². The third-order valence-corrected chi connectivity index (χ3v) is 7.88. The van der Waals surface area contributed by atoms with E-state index in [4.69, 9.17) is 0 Å². The average molecular weight is 430 g/mol. The fourth-order valence-electron chi connectivity index (χ4n) is 4.36. The number of piperidine rings is 2. The van der Waals surface area contributed by atoms with Crippen LogP contribution in [0.25, 0.3) is 0 Å². The second-order valence-corrected chi connectivity index (χ2v) is 9.83. The van der Waals surface area contributed by atoms with Crippen LogP contribution in [-0.2, 0) is 14.8 Å². The van der Waals surface area contributed by atoms with Gasteiger partial charge in [0.15, 0.2) is 0 Å². The Morgan fingerprint density at radius 1 is 1.11 bits per heavy atom. The van der Waals surface area contributed by atoms with Crippen LogP contribution >= 0.6 is 12.4 Å². The zero-order valence-electron chi connectivity index (χ0n) is 17.0. The van der Waals surface area contributed by atoms with E-state index in [1.54, 1.807) is 4.31 Å². The van der Waals surface area contributed by atoms with Crippen molar-refractivity contribution in [2.24, 2.45) is 5.92 Å². The Balaban J connectivity index is 0.00000280. The van der Waals surface area contributed by atoms with E-state index in [2.05, 4.69) is 10.6 Å². The van der Waals surface area contributed by atoms with Crippen molar-refractivity contribution in [2.75, 3.05) is 26.2 Å². The summed E-state index contributed by atoms with van der Waals surface area (Å²) in [6, 6.07) is 4.03. The number of benzene rings is 1. The van der Waals surface area contributed by atoms with Gasteiger partial charge in [-0.05, 0) is 64.1 Å². The van der Waals surface area contributed by atoms with Crippen molar-refractivity contribution >= 4 is 28.3 Å². The topological polar surface area (TPSA) is 78.5 Å². The van der Waals surface area contributed by atoms with Crippen LogP contribution in [0.4, 0.5) is 0 Å². The van der Waals surface area contributed by atoms with Crippen molar-refractivity contribution in [1.29, 1.82) is 0 Å². The molecule has 2 aliphatic heterocycles. The second-order valence-electron chi connectivity index (χ2n) is 7.96. The van der Waals surface area contributed by atoms with Gasteiger partial charge in [0.05, 0.1) is 4.90 Å². The highest BCUT2D eigenvalue weighted by atomic mass is 35.5. The molecule has 1 aromatic carbocycles. The number of nitrogens with zero attached hydrogens (tertiary/aromatic N) is 1. The van der Waals surface area contributed by atoms with E-state index < -0.39 is 10.0 Å². The number of sulfonamides is 1. The first kappa shape index (κ1) is 23.1. The summed E-state index contributed by atoms with van der Waals surface area (Å²) >= 11 is 0. The van der Waals surface area contributed by atoms with Crippen molar-refractivity contribution in [1.82, 2.24) is 14.9 Å². The van der Waals surface area contributed by atoms with Crippen LogP contribution in [0, 0.1) is 26.7 Å². The number of carbonyl (C=O) groups is 1. The van der Waals surface area contributed by atoms with Crippen molar-refractivity contribution in [2.45, 2.75) is 57.4 Å². The van der Waals surface area contributed by atoms with E-state index in [1.165, 1.54) is 0 Å². The summed E-state index contributed by atoms with van der Waals surface area (Å²) in [5.74, 6) is -0.0259. The monoisotopic (exact) mass is 429 g/mol. The molecule has 0 aliphatic carbocycles. The van der Waals surface area contributed by atoms with E-state index in [1.807, 2.05) is 32.9 Å². The molecule has 0 aromatic heterocycles. The normalized spacial score (nSPS) is 21.8. The molecule has 2 aliphatic rings. The number of rotatable bonds is 4. The Morgan fingerprint density at radius 2 is 1.71 bits per heavy atom. The van der Waals surface area contributed by atoms with Crippen molar-refractivity contribution < 1.29 is 13.2 Å². The molecule has 2 saturated heterocycles. The van der Waals surface area contributed by atoms with Crippen LogP contribution in [0.15, 0.2) is 17.0 Å². The summed E-state index contributed by atoms with van der Waals surface area (Å²) in [6.07, 6.45) is 3.25. The van der Waals surface area contributed by atoms with Gasteiger partial charge in [-0.3, -0.25) is 4.79 Å². The molecule has 28 heavy (non-hydrogen) atoms. The van der Waals surface area contributed by atoms with Gasteiger partial charge in [0.25, 0.3) is 0 Å². The molecular formula is C20H32ClN3O3S. The fraction of sp³-hybridized carbons (Fsp3) is 0.650. The first-order valence-electron chi connectivity index (χ1n) is 9.88. The molecule has 6 nitrogen and oxygen atoms in total. The summed E-state index contributed by atoms with van der Waals surface area (Å²) < 4.78 is 27.8. The van der Waals surface area contributed by atoms with Gasteiger partial charge < -0.3 is 10.6 Å². The lowest BCUT2D eigenvalue weighted by molar-refractivity contribution is -0.126. The molecule has 0 unspecified atom stereocenters. The summed E-state index contributed by atoms with van der Waals surface area (Å²) in [6.45, 7) is 8.32. The first-order chi connectivity index (χ1) is 12.8. The van der Waals surface area contributed by atoms with Gasteiger partial charge in [-0.2, -0.15) is 4.31 Å². The van der Waals surface area contributed by atoms with Gasteiger partial charge >= 0.3 is 0 Å². The minimum Gasteiger partial charge on any atom is -0.352 e. The quantitative estimate of drug-likeness (QED) is 0.769. The Labute approximate surface area is 174 Å². The smallest absolute Gasteiger partial charge is 0.243 e. The fourth-order valence-corrected chi connectivity index (χ4v) is 6.24. The van der Waals surface area contributed by atoms with E-state index in [9.17, 15) is 13.2 Å². The third kappa shape index (κ3) is 5.06. The number of hydrogen-bond donors (Lipinski definition) is 2. The minimum atomic E-state index is -3.52. The zero-order chi connectivity index (χ0) is 19.6. The molecule has 1 aromatic rings. The molecule has 0 bridgehead atoms. The van der Waals surface area contributed by atoms with Crippen LogP contribution in [0.2, 0.25) is 0 Å². The van der Waals surface area contributed by atoms with Crippen molar-refractivity contribution in [3.63, 3.8) is 0 Å². The lowest BCUT2D eigenvalue weighted by Crippen LogP contribution is -2.49. The first-order valence-corrected chi connectivity index (χ1v) is 11.3. The zero-order valence-corrected chi connectivity index (χ0v) is 18.6. The molecule has 1 amide bonds. The van der Waals surface area contributed by atoms with Crippen LogP contribution in [0.5, 0.6) is 0 Å². The Bertz CT molecular complexity index is 776. The molecule has 0 saturated carbocycles. The van der Waals surface area contributed by atoms with Crippen LogP contribution in [-0.4, -0.2) is 50.9 Å². The number of hydrogen-bond acceptors (Lipinski definition) is 4. The average Bonchev–Trinajstić information content (AvgIpc) is 2.61. The molecule has 8 heteroatoms. The Morgan fingerprint density at radius 3 is 2.25 bits per heavy atom. The number of amides is 1. The number of carbonyl (C=O) groups excluding carboxylic acids is 1. The summed E-state index contributed by atoms with van der Waals surface area (Å²) in [7, 11) is -3.52. The highest BCUT2D eigenvalue weighted by molar-refractivity contribution is 7.89. The molecule has 158 valence electrons. The van der Waals surface area contributed by atoms with Crippen LogP contribution in [0.3, 0.4) is 0 Å². The van der Waals surface area contributed by atoms with Gasteiger partial charge in [0, 0.05) is 31.6 Å². The molecule has 2 heterocycles. The maximum absolute atomic E-state index is 13.2. The van der Waals surface area contributed by atoms with Gasteiger partial charge in [-0.25, -0.2) is 8.42 Å². The van der Waals surface area contributed by atoms with Gasteiger partial charge in [-0.15, -0.1) is 12.4 Å². The molecule has 0 spiro atoms. The summed E-state index contributed by atoms with van der Waals surface area (Å²) in [4.78, 5) is 13.0. The Hall–Kier alpha value is -1.15. The molecule has 2 fully saturated rings. The van der Waals surface area contributed by atoms with Crippen molar-refractivity contribution in [3.05, 3.63) is 28.8 Å². The maximum Gasteiger partial charge on any atom is 0.243 e. The lowest BCUT2D eigenvalue weighted by atomic mass is 9.96. The summed E-state index contributed by atoms with van der Waals surface area (Å²) in [5, 5.41) is 6.43. The minimum absolute atomic E-state index is 0. The maximum atomic E-state index is 13.2. The number of aryl methyl sites for hydroxylation is 3. The van der Waals surface area contributed by atoms with E-state index in [-0.39, 0.29) is 30.3 Å². The third-order valence-electron chi connectivity index (χ3n) is 5.67. The molecule has 3 rings (SSSR count).